The van der Waals surface area contributed by atoms with Gasteiger partial charge >= 0.3 is 0 Å². The topological polar surface area (TPSA) is 96.9 Å². The van der Waals surface area contributed by atoms with Crippen LogP contribution in [0.4, 0.5) is 0 Å². The van der Waals surface area contributed by atoms with Crippen molar-refractivity contribution in [2.45, 2.75) is 26.7 Å². The highest BCUT2D eigenvalue weighted by atomic mass is 35.5. The summed E-state index contributed by atoms with van der Waals surface area (Å²) in [5, 5.41) is 15.3. The maximum atomic E-state index is 12.5. The molecule has 2 rings (SSSR count). The number of halogens is 1. The first-order valence-electron chi connectivity index (χ1n) is 10.2. The fourth-order valence-corrected chi connectivity index (χ4v) is 3.00. The lowest BCUT2D eigenvalue weighted by molar-refractivity contribution is 0.0951. The van der Waals surface area contributed by atoms with E-state index in [-0.39, 0.29) is 17.6 Å². The Morgan fingerprint density at radius 1 is 1.06 bits per heavy atom. The standard InChI is InChI=1S/C23H29ClN2O5/c1-15(2)8-11-31-21-19(24)13-17(14-20(21)30-3)23(29)26-10-5-9-25-22(28)16-6-4-7-18(27)12-16/h4,6-7,12-15,27H,5,8-11H2,1-3H3,(H,25,28)(H,26,29). The molecule has 2 aromatic rings. The summed E-state index contributed by atoms with van der Waals surface area (Å²) in [6.07, 6.45) is 1.42. The quantitative estimate of drug-likeness (QED) is 0.451. The summed E-state index contributed by atoms with van der Waals surface area (Å²) in [6.45, 7) is 5.46. The fourth-order valence-electron chi connectivity index (χ4n) is 2.73. The molecule has 0 unspecified atom stereocenters. The average molecular weight is 449 g/mol. The molecular weight excluding hydrogens is 420 g/mol. The molecule has 0 fully saturated rings. The number of ether oxygens (including phenoxy) is 2. The zero-order chi connectivity index (χ0) is 22.8. The second kappa shape index (κ2) is 12.1. The lowest BCUT2D eigenvalue weighted by Crippen LogP contribution is -2.29. The van der Waals surface area contributed by atoms with Crippen molar-refractivity contribution >= 4 is 23.4 Å². The Hall–Kier alpha value is -2.93. The number of carbonyl (C=O) groups is 2. The summed E-state index contributed by atoms with van der Waals surface area (Å²) < 4.78 is 11.1. The third-order valence-electron chi connectivity index (χ3n) is 4.47. The van der Waals surface area contributed by atoms with Gasteiger partial charge in [0.15, 0.2) is 11.5 Å². The summed E-state index contributed by atoms with van der Waals surface area (Å²) in [5.74, 6) is 0.778. The van der Waals surface area contributed by atoms with E-state index in [2.05, 4.69) is 24.5 Å². The minimum Gasteiger partial charge on any atom is -0.508 e. The maximum absolute atomic E-state index is 12.5. The second-order valence-corrected chi connectivity index (χ2v) is 7.84. The zero-order valence-corrected chi connectivity index (χ0v) is 18.8. The van der Waals surface area contributed by atoms with Gasteiger partial charge in [0.2, 0.25) is 0 Å². The molecule has 2 amide bonds. The van der Waals surface area contributed by atoms with Crippen molar-refractivity contribution in [3.63, 3.8) is 0 Å². The van der Waals surface area contributed by atoms with E-state index in [1.165, 1.54) is 19.2 Å². The van der Waals surface area contributed by atoms with Gasteiger partial charge in [-0.3, -0.25) is 9.59 Å². The molecule has 0 aromatic heterocycles. The van der Waals surface area contributed by atoms with E-state index < -0.39 is 0 Å². The van der Waals surface area contributed by atoms with Gasteiger partial charge in [-0.25, -0.2) is 0 Å². The highest BCUT2D eigenvalue weighted by Crippen LogP contribution is 2.36. The van der Waals surface area contributed by atoms with Crippen LogP contribution in [0.5, 0.6) is 17.2 Å². The molecule has 2 aromatic carbocycles. The van der Waals surface area contributed by atoms with Gasteiger partial charge in [-0.05, 0) is 49.1 Å². The summed E-state index contributed by atoms with van der Waals surface area (Å²) in [7, 11) is 1.50. The third kappa shape index (κ3) is 7.68. The Kier molecular flexibility index (Phi) is 9.46. The van der Waals surface area contributed by atoms with E-state index in [4.69, 9.17) is 21.1 Å². The van der Waals surface area contributed by atoms with Crippen molar-refractivity contribution in [1.82, 2.24) is 10.6 Å². The number of nitrogens with one attached hydrogen (secondary N) is 2. The van der Waals surface area contributed by atoms with Crippen molar-refractivity contribution in [1.29, 1.82) is 0 Å². The molecule has 0 heterocycles. The molecule has 0 aliphatic rings. The van der Waals surface area contributed by atoms with Gasteiger partial charge < -0.3 is 25.2 Å². The van der Waals surface area contributed by atoms with Gasteiger partial charge in [-0.2, -0.15) is 0 Å². The first-order valence-corrected chi connectivity index (χ1v) is 10.6. The van der Waals surface area contributed by atoms with Crippen molar-refractivity contribution in [3.8, 4) is 17.2 Å². The molecule has 0 saturated carbocycles. The number of phenols is 1. The normalized spacial score (nSPS) is 10.6. The van der Waals surface area contributed by atoms with Crippen LogP contribution in [-0.2, 0) is 0 Å². The van der Waals surface area contributed by atoms with Crippen LogP contribution in [-0.4, -0.2) is 43.7 Å². The van der Waals surface area contributed by atoms with Crippen LogP contribution < -0.4 is 20.1 Å². The van der Waals surface area contributed by atoms with Gasteiger partial charge in [0.25, 0.3) is 11.8 Å². The fraction of sp³-hybridized carbons (Fsp3) is 0.391. The molecule has 0 saturated heterocycles. The zero-order valence-electron chi connectivity index (χ0n) is 18.0. The van der Waals surface area contributed by atoms with Gasteiger partial charge in [0.1, 0.15) is 5.75 Å². The van der Waals surface area contributed by atoms with Gasteiger partial charge in [0, 0.05) is 24.2 Å². The van der Waals surface area contributed by atoms with Crippen LogP contribution in [0.3, 0.4) is 0 Å². The first-order chi connectivity index (χ1) is 14.8. The Morgan fingerprint density at radius 3 is 2.35 bits per heavy atom. The number of methoxy groups -OCH3 is 1. The van der Waals surface area contributed by atoms with Crippen LogP contribution >= 0.6 is 11.6 Å². The highest BCUT2D eigenvalue weighted by molar-refractivity contribution is 6.32. The van der Waals surface area contributed by atoms with Crippen LogP contribution in [0, 0.1) is 5.92 Å². The molecule has 0 atom stereocenters. The van der Waals surface area contributed by atoms with Crippen molar-refractivity contribution in [2.24, 2.45) is 5.92 Å². The van der Waals surface area contributed by atoms with E-state index in [0.29, 0.717) is 59.7 Å². The predicted molar refractivity (Wildman–Crippen MR) is 120 cm³/mol. The molecule has 7 nitrogen and oxygen atoms in total. The van der Waals surface area contributed by atoms with E-state index in [1.807, 2.05) is 0 Å². The Bertz CT molecular complexity index is 902. The number of hydrogen-bond donors (Lipinski definition) is 3. The molecule has 0 aliphatic heterocycles. The lowest BCUT2D eigenvalue weighted by atomic mass is 10.1. The third-order valence-corrected chi connectivity index (χ3v) is 4.75. The van der Waals surface area contributed by atoms with E-state index in [9.17, 15) is 14.7 Å². The minimum atomic E-state index is -0.298. The molecule has 168 valence electrons. The SMILES string of the molecule is COc1cc(C(=O)NCCCNC(=O)c2cccc(O)c2)cc(Cl)c1OCCC(C)C. The van der Waals surface area contributed by atoms with Crippen molar-refractivity contribution in [2.75, 3.05) is 26.8 Å². The molecule has 0 bridgehead atoms. The summed E-state index contributed by atoms with van der Waals surface area (Å²) in [4.78, 5) is 24.5. The van der Waals surface area contributed by atoms with E-state index >= 15 is 0 Å². The van der Waals surface area contributed by atoms with E-state index in [1.54, 1.807) is 24.3 Å². The smallest absolute Gasteiger partial charge is 0.251 e. The maximum Gasteiger partial charge on any atom is 0.251 e. The van der Waals surface area contributed by atoms with Crippen molar-refractivity contribution < 1.29 is 24.2 Å². The number of hydrogen-bond acceptors (Lipinski definition) is 5. The van der Waals surface area contributed by atoms with Crippen LogP contribution in [0.1, 0.15) is 47.4 Å². The van der Waals surface area contributed by atoms with Gasteiger partial charge in [0.05, 0.1) is 18.7 Å². The highest BCUT2D eigenvalue weighted by Gasteiger charge is 2.16. The van der Waals surface area contributed by atoms with E-state index in [0.717, 1.165) is 6.42 Å². The number of benzene rings is 2. The van der Waals surface area contributed by atoms with Gasteiger partial charge in [-0.1, -0.05) is 31.5 Å². The number of phenolic OH excluding ortho intramolecular Hbond substituents is 1. The van der Waals surface area contributed by atoms with Crippen molar-refractivity contribution in [3.05, 3.63) is 52.5 Å². The molecule has 3 N–H and O–H groups in total. The Balaban J connectivity index is 1.83. The number of aromatic hydroxyl groups is 1. The number of amides is 2. The summed E-state index contributed by atoms with van der Waals surface area (Å²) in [5.41, 5.74) is 0.739. The van der Waals surface area contributed by atoms with Crippen LogP contribution in [0.2, 0.25) is 5.02 Å². The molecule has 8 heteroatoms. The molecule has 31 heavy (non-hydrogen) atoms. The lowest BCUT2D eigenvalue weighted by Gasteiger charge is -2.15. The Labute approximate surface area is 187 Å². The monoisotopic (exact) mass is 448 g/mol. The molecule has 0 aliphatic carbocycles. The van der Waals surface area contributed by atoms with Gasteiger partial charge in [-0.15, -0.1) is 0 Å². The Morgan fingerprint density at radius 2 is 1.74 bits per heavy atom. The predicted octanol–water partition coefficient (Wildman–Crippen LogP) is 4.03. The molecule has 0 spiro atoms. The van der Waals surface area contributed by atoms with Crippen LogP contribution in [0.15, 0.2) is 36.4 Å². The minimum absolute atomic E-state index is 0.0327. The summed E-state index contributed by atoms with van der Waals surface area (Å²) >= 11 is 6.31. The average Bonchev–Trinajstić information content (AvgIpc) is 2.73. The second-order valence-electron chi connectivity index (χ2n) is 7.44. The first kappa shape index (κ1) is 24.3. The van der Waals surface area contributed by atoms with Crippen LogP contribution in [0.25, 0.3) is 0 Å². The molecular formula is C23H29ClN2O5. The molecule has 0 radical (unpaired) electrons. The largest absolute Gasteiger partial charge is 0.508 e. The number of rotatable bonds is 11. The number of carbonyl (C=O) groups excluding carboxylic acids is 2. The summed E-state index contributed by atoms with van der Waals surface area (Å²) in [6, 6.07) is 9.25.